The Morgan fingerprint density at radius 2 is 1.05 bits per heavy atom. The number of phenolic OH excluding ortho intramolecular Hbond substituents is 1. The molecule has 3 rings (SSSR count). The van der Waals surface area contributed by atoms with Crippen LogP contribution in [0.15, 0.2) is 24.3 Å². The molecular formula is C81H130N8O20. The van der Waals surface area contributed by atoms with Gasteiger partial charge in [0.15, 0.2) is 17.3 Å². The maximum Gasteiger partial charge on any atom is 0.326 e. The molecule has 1 aromatic rings. The number of carbonyl (C=O) groups excluding carboxylic acids is 11. The van der Waals surface area contributed by atoms with E-state index in [-0.39, 0.29) is 118 Å². The number of likely N-dealkylation sites (tertiary alicyclic amines) is 1. The number of hydrogen-bond acceptors (Lipinski definition) is 19. The molecule has 1 aliphatic heterocycles. The van der Waals surface area contributed by atoms with E-state index in [2.05, 4.69) is 37.2 Å². The third kappa shape index (κ3) is 41.7. The Hall–Kier alpha value is -7.85. The summed E-state index contributed by atoms with van der Waals surface area (Å²) in [4.78, 5) is 194. The predicted molar refractivity (Wildman–Crippen MR) is 410 cm³/mol. The second-order valence-corrected chi connectivity index (χ2v) is 30.8. The lowest BCUT2D eigenvalue weighted by molar-refractivity contribution is -0.145. The van der Waals surface area contributed by atoms with Crippen LogP contribution in [-0.4, -0.2) is 194 Å². The fourth-order valence-corrected chi connectivity index (χ4v) is 14.2. The molecular weight excluding hydrogens is 1400 g/mol. The zero-order chi connectivity index (χ0) is 80.7. The number of carbonyl (C=O) groups is 15. The van der Waals surface area contributed by atoms with E-state index in [1.807, 2.05) is 11.8 Å². The summed E-state index contributed by atoms with van der Waals surface area (Å²) in [6, 6.07) is 1.41. The first-order valence-corrected chi connectivity index (χ1v) is 40.3. The summed E-state index contributed by atoms with van der Waals surface area (Å²) < 4.78 is 0. The van der Waals surface area contributed by atoms with E-state index in [4.69, 9.17) is 5.11 Å². The summed E-state index contributed by atoms with van der Waals surface area (Å²) in [6.07, 6.45) is 22.6. The number of carboxylic acids is 4. The number of aliphatic carboxylic acids is 4. The number of amides is 5. The zero-order valence-electron chi connectivity index (χ0n) is 65.6. The Balaban J connectivity index is 1.38. The fourth-order valence-electron chi connectivity index (χ4n) is 14.2. The van der Waals surface area contributed by atoms with Gasteiger partial charge in [0.05, 0.1) is 55.1 Å². The van der Waals surface area contributed by atoms with Crippen molar-refractivity contribution in [3.05, 3.63) is 29.8 Å². The normalized spacial score (nSPS) is 16.8. The topological polar surface area (TPSA) is 445 Å². The van der Waals surface area contributed by atoms with Crippen LogP contribution in [0.4, 0.5) is 0 Å². The van der Waals surface area contributed by atoms with Crippen LogP contribution in [0.3, 0.4) is 0 Å². The molecule has 1 saturated carbocycles. The maximum atomic E-state index is 14.0. The van der Waals surface area contributed by atoms with E-state index in [1.165, 1.54) is 104 Å². The van der Waals surface area contributed by atoms with Gasteiger partial charge in [-0.1, -0.05) is 122 Å². The van der Waals surface area contributed by atoms with E-state index in [0.29, 0.717) is 82.9 Å². The van der Waals surface area contributed by atoms with Crippen molar-refractivity contribution in [1.29, 1.82) is 0 Å². The van der Waals surface area contributed by atoms with Crippen LogP contribution in [0, 0.1) is 23.7 Å². The number of hydrogen-bond donors (Lipinski definition) is 12. The largest absolute Gasteiger partial charge is 0.508 e. The third-order valence-electron chi connectivity index (χ3n) is 21.1. The lowest BCUT2D eigenvalue weighted by atomic mass is 9.78. The first-order chi connectivity index (χ1) is 51.9. The minimum Gasteiger partial charge on any atom is -0.508 e. The Kier molecular flexibility index (Phi) is 47.2. The Labute approximate surface area is 644 Å². The van der Waals surface area contributed by atoms with Crippen molar-refractivity contribution in [2.45, 2.75) is 321 Å². The van der Waals surface area contributed by atoms with E-state index in [9.17, 15) is 92.3 Å². The molecule has 614 valence electrons. The highest BCUT2D eigenvalue weighted by Crippen LogP contribution is 2.32. The molecule has 7 atom stereocenters. The molecule has 1 aromatic carbocycles. The van der Waals surface area contributed by atoms with Gasteiger partial charge in [0.25, 0.3) is 0 Å². The molecule has 28 nitrogen and oxygen atoms in total. The Morgan fingerprint density at radius 1 is 0.514 bits per heavy atom. The molecule has 1 aliphatic carbocycles. The number of nitrogens with zero attached hydrogens (tertiary/aromatic N) is 1. The van der Waals surface area contributed by atoms with Gasteiger partial charge in [-0.15, -0.1) is 0 Å². The van der Waals surface area contributed by atoms with Crippen molar-refractivity contribution in [2.24, 2.45) is 23.7 Å². The number of nitrogens with one attached hydrogen (secondary N) is 7. The Morgan fingerprint density at radius 3 is 1.60 bits per heavy atom. The maximum absolute atomic E-state index is 14.0. The molecule has 12 N–H and O–H groups in total. The first-order valence-electron chi connectivity index (χ1n) is 40.3. The van der Waals surface area contributed by atoms with Crippen molar-refractivity contribution >= 4 is 88.1 Å². The minimum atomic E-state index is -1.57. The number of rotatable bonds is 64. The second kappa shape index (κ2) is 53.9. The van der Waals surface area contributed by atoms with Crippen molar-refractivity contribution in [3.8, 4) is 5.75 Å². The molecule has 1 saturated heterocycles. The number of carboxylic acid groups (broad SMARTS) is 4. The zero-order valence-corrected chi connectivity index (χ0v) is 65.6. The molecule has 2 fully saturated rings. The standard InChI is InChI=1S/C81H130N8O20/c1-6-7-27-64(84-53-72(97)81(4,5)88-77(103)67(86-56(3)91)48-57-34-40-62(92)41-35-57)70(95)52-83-65(71(96)54-89-47-26-29-68(89)55(2)90)28-24-25-46-82-74(99)44-38-60(78(104)105)49-63(93)42-43-66(80(108)109)87-75(100)45-39-61(79(106)107)50-69(94)59-36-32-58(33-37-59)51-85-73(98)30-22-20-18-16-14-12-10-8-9-11-13-15-17-19-21-23-31-76(101)102/h34-35,40-41,58-61,64-68,83-84,92H,6-33,36-39,42-54H2,1-5H3,(H,82,99)(H,85,98)(H,86,91)(H,87,100)(H,88,103)(H,101,102)(H,104,105)(H,106,107)(H,108,109)/t58?,59?,60-,61-,64+,65+,66+,67-,68+/m1/s1. The van der Waals surface area contributed by atoms with Crippen molar-refractivity contribution in [3.63, 3.8) is 0 Å². The van der Waals surface area contributed by atoms with E-state index >= 15 is 0 Å². The molecule has 28 heteroatoms. The SMILES string of the molecule is CCCC[C@H](NCC(=O)C(C)(C)NC(=O)[C@@H](Cc1ccc(O)cc1)NC(C)=O)C(=O)CN[C@@H](CCCCNC(=O)CC[C@H](CC(=O)CC[C@H](NC(=O)CC[C@H](CC(=O)C1CCC(CNC(=O)CCCCCCCCCCCCCCCCCCC(=O)O)CC1)C(=O)O)C(=O)O)C(=O)O)C(=O)CN1CCC[C@H]1C(C)=O. The molecule has 2 aliphatic rings. The minimum absolute atomic E-state index is 0.0121. The van der Waals surface area contributed by atoms with Crippen LogP contribution in [0.2, 0.25) is 0 Å². The third-order valence-corrected chi connectivity index (χ3v) is 21.1. The number of Topliss-reactive ketones (excluding diaryl/α,β-unsaturated/α-hetero) is 6. The van der Waals surface area contributed by atoms with Crippen LogP contribution in [0.5, 0.6) is 5.75 Å². The molecule has 0 radical (unpaired) electrons. The molecule has 0 bridgehead atoms. The van der Waals surface area contributed by atoms with E-state index < -0.39 is 132 Å². The Bertz CT molecular complexity index is 3060. The van der Waals surface area contributed by atoms with Gasteiger partial charge in [-0.2, -0.15) is 0 Å². The average Bonchev–Trinajstić information content (AvgIpc) is 1.64. The summed E-state index contributed by atoms with van der Waals surface area (Å²) in [7, 11) is 0. The highest BCUT2D eigenvalue weighted by Gasteiger charge is 2.36. The smallest absolute Gasteiger partial charge is 0.326 e. The van der Waals surface area contributed by atoms with E-state index in [0.717, 1.165) is 51.4 Å². The van der Waals surface area contributed by atoms with Gasteiger partial charge < -0.3 is 62.8 Å². The van der Waals surface area contributed by atoms with Gasteiger partial charge in [-0.25, -0.2) is 4.79 Å². The summed E-state index contributed by atoms with van der Waals surface area (Å²) in [5.74, 6) is -11.8. The van der Waals surface area contributed by atoms with Crippen LogP contribution in [-0.2, 0) is 78.3 Å². The van der Waals surface area contributed by atoms with Crippen LogP contribution in [0.1, 0.15) is 284 Å². The summed E-state index contributed by atoms with van der Waals surface area (Å²) in [5.41, 5.74) is -0.792. The molecule has 5 amide bonds. The van der Waals surface area contributed by atoms with Crippen molar-refractivity contribution in [2.75, 3.05) is 39.3 Å². The molecule has 109 heavy (non-hydrogen) atoms. The highest BCUT2D eigenvalue weighted by atomic mass is 16.4. The quantitative estimate of drug-likeness (QED) is 0.0271. The molecule has 0 unspecified atom stereocenters. The average molecular weight is 1540 g/mol. The predicted octanol–water partition coefficient (Wildman–Crippen LogP) is 8.75. The van der Waals surface area contributed by atoms with Gasteiger partial charge in [-0.3, -0.25) is 72.0 Å². The van der Waals surface area contributed by atoms with E-state index in [1.54, 1.807) is 12.1 Å². The number of benzene rings is 1. The van der Waals surface area contributed by atoms with Gasteiger partial charge >= 0.3 is 23.9 Å². The highest BCUT2D eigenvalue weighted by molar-refractivity contribution is 5.97. The van der Waals surface area contributed by atoms with Gasteiger partial charge in [0, 0.05) is 77.3 Å². The molecule has 1 heterocycles. The first kappa shape index (κ1) is 95.4. The van der Waals surface area contributed by atoms with Gasteiger partial charge in [-0.05, 0) is 147 Å². The number of phenols is 1. The number of aromatic hydroxyl groups is 1. The molecule has 0 aromatic heterocycles. The van der Waals surface area contributed by atoms with Gasteiger partial charge in [0.2, 0.25) is 29.5 Å². The number of unbranched alkanes of at least 4 members (excludes halogenated alkanes) is 17. The lowest BCUT2D eigenvalue weighted by Gasteiger charge is -2.29. The lowest BCUT2D eigenvalue weighted by Crippen LogP contribution is -2.59. The van der Waals surface area contributed by atoms with Crippen molar-refractivity contribution in [1.82, 2.24) is 42.1 Å². The summed E-state index contributed by atoms with van der Waals surface area (Å²) >= 11 is 0. The van der Waals surface area contributed by atoms with Gasteiger partial charge in [0.1, 0.15) is 35.2 Å². The van der Waals surface area contributed by atoms with Crippen LogP contribution in [0.25, 0.3) is 0 Å². The summed E-state index contributed by atoms with van der Waals surface area (Å²) in [6.45, 7) is 8.26. The monoisotopic (exact) mass is 1530 g/mol. The van der Waals surface area contributed by atoms with Crippen LogP contribution >= 0.6 is 0 Å². The summed E-state index contributed by atoms with van der Waals surface area (Å²) in [5, 5.41) is 67.9. The van der Waals surface area contributed by atoms with Crippen LogP contribution < -0.4 is 37.2 Å². The van der Waals surface area contributed by atoms with Crippen molar-refractivity contribution < 1.29 is 97.5 Å². The second-order valence-electron chi connectivity index (χ2n) is 30.8. The molecule has 0 spiro atoms. The number of ketones is 6. The fraction of sp³-hybridized carbons (Fsp3) is 0.741.